The Bertz CT molecular complexity index is 627. The molecule has 110 valence electrons. The second-order valence-corrected chi connectivity index (χ2v) is 6.81. The van der Waals surface area contributed by atoms with E-state index in [-0.39, 0.29) is 11.7 Å². The first kappa shape index (κ1) is 15.8. The van der Waals surface area contributed by atoms with E-state index in [0.29, 0.717) is 0 Å². The maximum Gasteiger partial charge on any atom is 0.165 e. The molecule has 0 spiro atoms. The fourth-order valence-corrected chi connectivity index (χ4v) is 3.13. The molecule has 2 aromatic rings. The van der Waals surface area contributed by atoms with Crippen molar-refractivity contribution in [2.24, 2.45) is 5.92 Å². The first-order chi connectivity index (χ1) is 9.97. The molecule has 0 saturated heterocycles. The van der Waals surface area contributed by atoms with Crippen molar-refractivity contribution in [3.63, 3.8) is 0 Å². The van der Waals surface area contributed by atoms with Gasteiger partial charge in [-0.05, 0) is 37.1 Å². The van der Waals surface area contributed by atoms with Crippen LogP contribution in [0, 0.1) is 19.8 Å². The van der Waals surface area contributed by atoms with Gasteiger partial charge in [-0.2, -0.15) is 0 Å². The van der Waals surface area contributed by atoms with Crippen LogP contribution >= 0.6 is 11.8 Å². The molecule has 0 bridgehead atoms. The molecule has 1 nitrogen and oxygen atoms in total. The number of Topliss-reactive ketones (excluding diaryl/α,β-unsaturated/α-hetero) is 1. The third-order valence-corrected chi connectivity index (χ3v) is 4.62. The monoisotopic (exact) mass is 298 g/mol. The molecule has 0 N–H and O–H groups in total. The van der Waals surface area contributed by atoms with E-state index < -0.39 is 0 Å². The van der Waals surface area contributed by atoms with Crippen molar-refractivity contribution in [2.45, 2.75) is 38.3 Å². The lowest BCUT2D eigenvalue weighted by atomic mass is 10.0. The van der Waals surface area contributed by atoms with Gasteiger partial charge in [-0.3, -0.25) is 4.79 Å². The Morgan fingerprint density at radius 3 is 2.33 bits per heavy atom. The van der Waals surface area contributed by atoms with E-state index in [9.17, 15) is 4.79 Å². The molecule has 0 fully saturated rings. The van der Waals surface area contributed by atoms with Crippen molar-refractivity contribution in [1.82, 2.24) is 0 Å². The van der Waals surface area contributed by atoms with Crippen molar-refractivity contribution < 1.29 is 4.79 Å². The fourth-order valence-electron chi connectivity index (χ4n) is 2.17. The molecule has 2 aromatic carbocycles. The van der Waals surface area contributed by atoms with Crippen LogP contribution in [0.4, 0.5) is 0 Å². The number of hydrogen-bond acceptors (Lipinski definition) is 2. The van der Waals surface area contributed by atoms with E-state index in [2.05, 4.69) is 32.0 Å². The van der Waals surface area contributed by atoms with E-state index in [4.69, 9.17) is 0 Å². The van der Waals surface area contributed by atoms with Crippen molar-refractivity contribution in [2.75, 3.05) is 0 Å². The fraction of sp³-hybridized carbons (Fsp3) is 0.316. The Labute approximate surface area is 131 Å². The van der Waals surface area contributed by atoms with Gasteiger partial charge in [0.05, 0.1) is 0 Å². The number of carbonyl (C=O) groups is 1. The van der Waals surface area contributed by atoms with Crippen LogP contribution in [0.15, 0.2) is 47.4 Å². The minimum Gasteiger partial charge on any atom is -0.294 e. The molecule has 0 unspecified atom stereocenters. The van der Waals surface area contributed by atoms with E-state index in [1.165, 1.54) is 21.6 Å². The normalized spacial score (nSPS) is 10.9. The van der Waals surface area contributed by atoms with Crippen molar-refractivity contribution in [1.29, 1.82) is 0 Å². The highest BCUT2D eigenvalue weighted by Crippen LogP contribution is 2.25. The van der Waals surface area contributed by atoms with Crippen LogP contribution in [0.3, 0.4) is 0 Å². The number of carbonyl (C=O) groups excluding carboxylic acids is 1. The van der Waals surface area contributed by atoms with Gasteiger partial charge < -0.3 is 0 Å². The van der Waals surface area contributed by atoms with E-state index in [0.717, 1.165) is 11.3 Å². The van der Waals surface area contributed by atoms with Gasteiger partial charge in [0.15, 0.2) is 5.78 Å². The summed E-state index contributed by atoms with van der Waals surface area (Å²) in [5.41, 5.74) is 4.82. The molecule has 0 heterocycles. The van der Waals surface area contributed by atoms with Crippen LogP contribution in [0.5, 0.6) is 0 Å². The SMILES string of the molecule is Cc1ccc(C)c(CSc2ccc(C(=O)C(C)C)cc2)c1. The van der Waals surface area contributed by atoms with Gasteiger partial charge in [0.25, 0.3) is 0 Å². The third kappa shape index (κ3) is 4.21. The Morgan fingerprint density at radius 2 is 1.71 bits per heavy atom. The van der Waals surface area contributed by atoms with Gasteiger partial charge in [-0.15, -0.1) is 11.8 Å². The first-order valence-corrected chi connectivity index (χ1v) is 8.29. The summed E-state index contributed by atoms with van der Waals surface area (Å²) in [5.74, 6) is 1.23. The molecule has 2 rings (SSSR count). The zero-order chi connectivity index (χ0) is 15.4. The molecular formula is C19H22OS. The van der Waals surface area contributed by atoms with Gasteiger partial charge in [0.2, 0.25) is 0 Å². The number of benzene rings is 2. The van der Waals surface area contributed by atoms with Gasteiger partial charge >= 0.3 is 0 Å². The number of aryl methyl sites for hydroxylation is 2. The first-order valence-electron chi connectivity index (χ1n) is 7.30. The number of thioether (sulfide) groups is 1. The summed E-state index contributed by atoms with van der Waals surface area (Å²) in [6.07, 6.45) is 0. The van der Waals surface area contributed by atoms with Crippen LogP contribution in [-0.2, 0) is 5.75 Å². The Morgan fingerprint density at radius 1 is 1.05 bits per heavy atom. The predicted molar refractivity (Wildman–Crippen MR) is 91.1 cm³/mol. The zero-order valence-electron chi connectivity index (χ0n) is 13.1. The predicted octanol–water partition coefficient (Wildman–Crippen LogP) is 5.43. The average Bonchev–Trinajstić information content (AvgIpc) is 2.48. The summed E-state index contributed by atoms with van der Waals surface area (Å²) in [7, 11) is 0. The summed E-state index contributed by atoms with van der Waals surface area (Å²) >= 11 is 1.81. The van der Waals surface area contributed by atoms with Crippen LogP contribution in [0.25, 0.3) is 0 Å². The van der Waals surface area contributed by atoms with Crippen molar-refractivity contribution >= 4 is 17.5 Å². The number of ketones is 1. The molecule has 0 atom stereocenters. The molecule has 0 aliphatic rings. The molecule has 0 amide bonds. The van der Waals surface area contributed by atoms with Crippen molar-refractivity contribution in [3.8, 4) is 0 Å². The molecule has 0 saturated carbocycles. The lowest BCUT2D eigenvalue weighted by Gasteiger charge is -2.08. The molecule has 0 aliphatic heterocycles. The molecule has 0 radical (unpaired) electrons. The molecule has 2 heteroatoms. The van der Waals surface area contributed by atoms with Gasteiger partial charge in [0, 0.05) is 22.1 Å². The lowest BCUT2D eigenvalue weighted by molar-refractivity contribution is 0.0939. The third-order valence-electron chi connectivity index (χ3n) is 3.56. The maximum atomic E-state index is 11.9. The van der Waals surface area contributed by atoms with E-state index >= 15 is 0 Å². The van der Waals surface area contributed by atoms with Gasteiger partial charge in [-0.25, -0.2) is 0 Å². The van der Waals surface area contributed by atoms with E-state index in [1.54, 1.807) is 0 Å². The summed E-state index contributed by atoms with van der Waals surface area (Å²) in [4.78, 5) is 13.1. The largest absolute Gasteiger partial charge is 0.294 e. The standard InChI is InChI=1S/C19H22OS/c1-13(2)19(20)16-7-9-18(10-8-16)21-12-17-11-14(3)5-6-15(17)4/h5-11,13H,12H2,1-4H3. The second kappa shape index (κ2) is 6.95. The summed E-state index contributed by atoms with van der Waals surface area (Å²) in [6, 6.07) is 14.5. The van der Waals surface area contributed by atoms with Crippen molar-refractivity contribution in [3.05, 3.63) is 64.7 Å². The Kier molecular flexibility index (Phi) is 5.24. The summed E-state index contributed by atoms with van der Waals surface area (Å²) in [6.45, 7) is 8.15. The lowest BCUT2D eigenvalue weighted by Crippen LogP contribution is -2.06. The number of hydrogen-bond donors (Lipinski definition) is 0. The quantitative estimate of drug-likeness (QED) is 0.540. The minimum absolute atomic E-state index is 0.0541. The van der Waals surface area contributed by atoms with Crippen LogP contribution in [-0.4, -0.2) is 5.78 Å². The zero-order valence-corrected chi connectivity index (χ0v) is 14.0. The van der Waals surface area contributed by atoms with Gasteiger partial charge in [0.1, 0.15) is 0 Å². The minimum atomic E-state index is 0.0541. The molecule has 21 heavy (non-hydrogen) atoms. The average molecular weight is 298 g/mol. The van der Waals surface area contributed by atoms with Gasteiger partial charge in [-0.1, -0.05) is 49.7 Å². The highest BCUT2D eigenvalue weighted by Gasteiger charge is 2.10. The highest BCUT2D eigenvalue weighted by molar-refractivity contribution is 7.98. The summed E-state index contributed by atoms with van der Waals surface area (Å²) in [5, 5.41) is 0. The smallest absolute Gasteiger partial charge is 0.165 e. The van der Waals surface area contributed by atoms with Crippen LogP contribution in [0.2, 0.25) is 0 Å². The van der Waals surface area contributed by atoms with E-state index in [1.807, 2.05) is 49.9 Å². The molecule has 0 aromatic heterocycles. The number of rotatable bonds is 5. The highest BCUT2D eigenvalue weighted by atomic mass is 32.2. The van der Waals surface area contributed by atoms with Crippen LogP contribution in [0.1, 0.15) is 40.9 Å². The Hall–Kier alpha value is -1.54. The molecule has 0 aliphatic carbocycles. The summed E-state index contributed by atoms with van der Waals surface area (Å²) < 4.78 is 0. The maximum absolute atomic E-state index is 11.9. The topological polar surface area (TPSA) is 17.1 Å². The van der Waals surface area contributed by atoms with Crippen LogP contribution < -0.4 is 0 Å². The molecular weight excluding hydrogens is 276 g/mol. The Balaban J connectivity index is 2.04. The second-order valence-electron chi connectivity index (χ2n) is 5.76.